The van der Waals surface area contributed by atoms with Crippen LogP contribution in [0.1, 0.15) is 49.8 Å². The van der Waals surface area contributed by atoms with Gasteiger partial charge in [0, 0.05) is 42.4 Å². The summed E-state index contributed by atoms with van der Waals surface area (Å²) in [6, 6.07) is 4.16. The summed E-state index contributed by atoms with van der Waals surface area (Å²) in [6.45, 7) is 9.46. The Morgan fingerprint density at radius 2 is 2.00 bits per heavy atom. The molecular weight excluding hydrogens is 302 g/mol. The average Bonchev–Trinajstić information content (AvgIpc) is 2.93. The first-order valence-corrected chi connectivity index (χ1v) is 8.65. The lowest BCUT2D eigenvalue weighted by Gasteiger charge is -2.33. The number of nitrogens with zero attached hydrogens (tertiary/aromatic N) is 3. The van der Waals surface area contributed by atoms with Crippen molar-refractivity contribution >= 4 is 5.91 Å². The summed E-state index contributed by atoms with van der Waals surface area (Å²) < 4.78 is 5.28. The highest BCUT2D eigenvalue weighted by Gasteiger charge is 2.26. The van der Waals surface area contributed by atoms with E-state index in [0.29, 0.717) is 5.92 Å². The number of likely N-dealkylation sites (tertiary alicyclic amines) is 1. The number of aromatic nitrogens is 2. The fraction of sp³-hybridized carbons (Fsp3) is 0.526. The van der Waals surface area contributed by atoms with Crippen molar-refractivity contribution in [1.29, 1.82) is 0 Å². The van der Waals surface area contributed by atoms with Crippen molar-refractivity contribution in [2.24, 2.45) is 5.92 Å². The topological polar surface area (TPSA) is 59.2 Å². The van der Waals surface area contributed by atoms with Crippen LogP contribution in [0.4, 0.5) is 0 Å². The van der Waals surface area contributed by atoms with Crippen LogP contribution >= 0.6 is 0 Å². The molecule has 0 radical (unpaired) electrons. The quantitative estimate of drug-likeness (QED) is 0.862. The first kappa shape index (κ1) is 16.7. The maximum Gasteiger partial charge on any atom is 0.225 e. The van der Waals surface area contributed by atoms with Gasteiger partial charge in [-0.15, -0.1) is 0 Å². The third kappa shape index (κ3) is 3.21. The van der Waals surface area contributed by atoms with Crippen LogP contribution < -0.4 is 0 Å². The number of aryl methyl sites for hydroxylation is 2. The molecule has 0 atom stereocenters. The molecule has 1 aliphatic rings. The molecule has 0 unspecified atom stereocenters. The van der Waals surface area contributed by atoms with Crippen molar-refractivity contribution in [2.45, 2.75) is 46.5 Å². The van der Waals surface area contributed by atoms with E-state index in [1.165, 1.54) is 0 Å². The summed E-state index contributed by atoms with van der Waals surface area (Å²) in [6.07, 6.45) is 3.80. The van der Waals surface area contributed by atoms with Gasteiger partial charge in [-0.3, -0.25) is 9.78 Å². The molecule has 1 saturated heterocycles. The molecule has 2 aromatic rings. The van der Waals surface area contributed by atoms with Crippen molar-refractivity contribution in [1.82, 2.24) is 15.0 Å². The molecule has 1 fully saturated rings. The molecule has 0 N–H and O–H groups in total. The largest absolute Gasteiger partial charge is 0.361 e. The van der Waals surface area contributed by atoms with Gasteiger partial charge in [-0.25, -0.2) is 0 Å². The first-order chi connectivity index (χ1) is 11.5. The molecule has 5 nitrogen and oxygen atoms in total. The van der Waals surface area contributed by atoms with Gasteiger partial charge < -0.3 is 9.42 Å². The van der Waals surface area contributed by atoms with Crippen LogP contribution in [0.15, 0.2) is 22.9 Å². The SMILES string of the molecule is Cc1noc(C)c1-c1ccnc(C2CCN(C(=O)C(C)C)CC2)c1. The Kier molecular flexibility index (Phi) is 4.69. The summed E-state index contributed by atoms with van der Waals surface area (Å²) in [5.41, 5.74) is 4.18. The molecule has 0 aliphatic carbocycles. The summed E-state index contributed by atoms with van der Waals surface area (Å²) in [7, 11) is 0. The molecule has 128 valence electrons. The highest BCUT2D eigenvalue weighted by Crippen LogP contribution is 2.32. The summed E-state index contributed by atoms with van der Waals surface area (Å²) in [5, 5.41) is 4.04. The Balaban J connectivity index is 1.76. The van der Waals surface area contributed by atoms with E-state index >= 15 is 0 Å². The fourth-order valence-electron chi connectivity index (χ4n) is 3.48. The van der Waals surface area contributed by atoms with Crippen LogP contribution in [0.3, 0.4) is 0 Å². The number of hydrogen-bond acceptors (Lipinski definition) is 4. The number of rotatable bonds is 3. The molecule has 0 bridgehead atoms. The second-order valence-corrected chi connectivity index (χ2v) is 6.92. The third-order valence-electron chi connectivity index (χ3n) is 4.82. The molecule has 1 aliphatic heterocycles. The Bertz CT molecular complexity index is 708. The Morgan fingerprint density at radius 3 is 2.58 bits per heavy atom. The van der Waals surface area contributed by atoms with Crippen molar-refractivity contribution < 1.29 is 9.32 Å². The standard InChI is InChI=1S/C19H25N3O2/c1-12(2)19(23)22-9-6-15(7-10-22)17-11-16(5-8-20-17)18-13(3)21-24-14(18)4/h5,8,11-12,15H,6-7,9-10H2,1-4H3. The minimum Gasteiger partial charge on any atom is -0.361 e. The van der Waals surface area contributed by atoms with E-state index < -0.39 is 0 Å². The van der Waals surface area contributed by atoms with Gasteiger partial charge in [0.2, 0.25) is 5.91 Å². The van der Waals surface area contributed by atoms with Crippen LogP contribution in [0.2, 0.25) is 0 Å². The lowest BCUT2D eigenvalue weighted by Crippen LogP contribution is -2.40. The van der Waals surface area contributed by atoms with E-state index in [0.717, 1.165) is 54.2 Å². The Hall–Kier alpha value is -2.17. The fourth-order valence-corrected chi connectivity index (χ4v) is 3.48. The minimum absolute atomic E-state index is 0.0718. The summed E-state index contributed by atoms with van der Waals surface area (Å²) in [4.78, 5) is 18.7. The van der Waals surface area contributed by atoms with Gasteiger partial charge in [0.15, 0.2) is 0 Å². The number of piperidine rings is 1. The van der Waals surface area contributed by atoms with Gasteiger partial charge in [-0.2, -0.15) is 0 Å². The minimum atomic E-state index is 0.0718. The Morgan fingerprint density at radius 1 is 1.29 bits per heavy atom. The zero-order valence-corrected chi connectivity index (χ0v) is 14.9. The maximum atomic E-state index is 12.1. The van der Waals surface area contributed by atoms with E-state index in [1.54, 1.807) is 0 Å². The zero-order valence-electron chi connectivity index (χ0n) is 14.9. The van der Waals surface area contributed by atoms with Gasteiger partial charge in [0.05, 0.1) is 5.69 Å². The van der Waals surface area contributed by atoms with E-state index in [9.17, 15) is 4.79 Å². The van der Waals surface area contributed by atoms with Crippen LogP contribution in [0, 0.1) is 19.8 Å². The average molecular weight is 327 g/mol. The van der Waals surface area contributed by atoms with Crippen LogP contribution in [0.5, 0.6) is 0 Å². The van der Waals surface area contributed by atoms with Crippen molar-refractivity contribution in [3.63, 3.8) is 0 Å². The number of amides is 1. The van der Waals surface area contributed by atoms with Gasteiger partial charge in [-0.1, -0.05) is 19.0 Å². The third-order valence-corrected chi connectivity index (χ3v) is 4.82. The molecule has 24 heavy (non-hydrogen) atoms. The lowest BCUT2D eigenvalue weighted by molar-refractivity contribution is -0.135. The van der Waals surface area contributed by atoms with Gasteiger partial charge in [0.1, 0.15) is 5.76 Å². The molecule has 3 rings (SSSR count). The van der Waals surface area contributed by atoms with Crippen LogP contribution in [0.25, 0.3) is 11.1 Å². The molecule has 0 saturated carbocycles. The van der Waals surface area contributed by atoms with Crippen LogP contribution in [-0.4, -0.2) is 34.0 Å². The first-order valence-electron chi connectivity index (χ1n) is 8.65. The van der Waals surface area contributed by atoms with Gasteiger partial charge in [0.25, 0.3) is 0 Å². The van der Waals surface area contributed by atoms with Crippen molar-refractivity contribution in [3.05, 3.63) is 35.5 Å². The second-order valence-electron chi connectivity index (χ2n) is 6.92. The number of carbonyl (C=O) groups is 1. The summed E-state index contributed by atoms with van der Waals surface area (Å²) >= 11 is 0. The highest BCUT2D eigenvalue weighted by atomic mass is 16.5. The molecule has 0 aromatic carbocycles. The normalized spacial score (nSPS) is 16.0. The maximum absolute atomic E-state index is 12.1. The zero-order chi connectivity index (χ0) is 17.3. The second kappa shape index (κ2) is 6.75. The van der Waals surface area contributed by atoms with E-state index in [-0.39, 0.29) is 11.8 Å². The predicted molar refractivity (Wildman–Crippen MR) is 92.6 cm³/mol. The lowest BCUT2D eigenvalue weighted by atomic mass is 9.91. The smallest absolute Gasteiger partial charge is 0.225 e. The van der Waals surface area contributed by atoms with Crippen LogP contribution in [-0.2, 0) is 4.79 Å². The monoisotopic (exact) mass is 327 g/mol. The van der Waals surface area contributed by atoms with E-state index in [2.05, 4.69) is 16.2 Å². The number of carbonyl (C=O) groups excluding carboxylic acids is 1. The molecule has 5 heteroatoms. The van der Waals surface area contributed by atoms with E-state index in [1.807, 2.05) is 44.9 Å². The molecular formula is C19H25N3O2. The summed E-state index contributed by atoms with van der Waals surface area (Å²) in [5.74, 6) is 1.57. The number of hydrogen-bond donors (Lipinski definition) is 0. The van der Waals surface area contributed by atoms with E-state index in [4.69, 9.17) is 4.52 Å². The Labute approximate surface area is 143 Å². The number of pyridine rings is 1. The van der Waals surface area contributed by atoms with Gasteiger partial charge in [-0.05, 0) is 44.4 Å². The molecule has 1 amide bonds. The van der Waals surface area contributed by atoms with Crippen molar-refractivity contribution in [3.8, 4) is 11.1 Å². The molecule has 0 spiro atoms. The van der Waals surface area contributed by atoms with Gasteiger partial charge >= 0.3 is 0 Å². The predicted octanol–water partition coefficient (Wildman–Crippen LogP) is 3.72. The molecule has 3 heterocycles. The highest BCUT2D eigenvalue weighted by molar-refractivity contribution is 5.78. The van der Waals surface area contributed by atoms with Crippen molar-refractivity contribution in [2.75, 3.05) is 13.1 Å². The molecule has 2 aromatic heterocycles.